The molecule has 0 N–H and O–H groups in total. The Morgan fingerprint density at radius 3 is 2.86 bits per heavy atom. The molecule has 1 aliphatic rings. The van der Waals surface area contributed by atoms with Crippen LogP contribution in [-0.4, -0.2) is 35.1 Å². The second-order valence-electron chi connectivity index (χ2n) is 6.85. The molecule has 1 amide bonds. The summed E-state index contributed by atoms with van der Waals surface area (Å²) in [6.45, 7) is 3.03. The first-order valence-electron chi connectivity index (χ1n) is 9.29. The molecular formula is C21H19Cl2N3O2S. The number of aryl methyl sites for hydroxylation is 1. The molecule has 1 aliphatic heterocycles. The first-order chi connectivity index (χ1) is 14.0. The average Bonchev–Trinajstić information content (AvgIpc) is 3.37. The van der Waals surface area contributed by atoms with Gasteiger partial charge in [0.1, 0.15) is 5.69 Å². The summed E-state index contributed by atoms with van der Waals surface area (Å²) in [6, 6.07) is 10.7. The Hall–Kier alpha value is -1.99. The lowest BCUT2D eigenvalue weighted by Crippen LogP contribution is -2.38. The number of benzene rings is 1. The van der Waals surface area contributed by atoms with Crippen LogP contribution in [0.3, 0.4) is 0 Å². The van der Waals surface area contributed by atoms with Crippen LogP contribution in [0.5, 0.6) is 0 Å². The molecule has 5 nitrogen and oxygen atoms in total. The van der Waals surface area contributed by atoms with Gasteiger partial charge in [-0.05, 0) is 50.1 Å². The normalized spacial score (nSPS) is 16.2. The number of ether oxygens (including phenoxy) is 1. The van der Waals surface area contributed by atoms with Crippen molar-refractivity contribution in [2.24, 2.45) is 0 Å². The highest BCUT2D eigenvalue weighted by atomic mass is 35.5. The van der Waals surface area contributed by atoms with E-state index in [1.165, 1.54) is 11.3 Å². The van der Waals surface area contributed by atoms with Gasteiger partial charge in [0.25, 0.3) is 5.91 Å². The molecule has 4 rings (SSSR count). The molecule has 1 atom stereocenters. The van der Waals surface area contributed by atoms with Gasteiger partial charge in [-0.1, -0.05) is 29.3 Å². The van der Waals surface area contributed by atoms with Crippen LogP contribution < -0.4 is 4.90 Å². The van der Waals surface area contributed by atoms with Crippen molar-refractivity contribution < 1.29 is 9.53 Å². The Morgan fingerprint density at radius 1 is 1.28 bits per heavy atom. The fourth-order valence-corrected chi connectivity index (χ4v) is 4.59. The van der Waals surface area contributed by atoms with Crippen molar-refractivity contribution in [3.63, 3.8) is 0 Å². The Kier molecular flexibility index (Phi) is 6.15. The number of amides is 1. The summed E-state index contributed by atoms with van der Waals surface area (Å²) in [4.78, 5) is 24.0. The molecule has 1 saturated heterocycles. The van der Waals surface area contributed by atoms with Crippen molar-refractivity contribution in [3.05, 3.63) is 63.2 Å². The fourth-order valence-electron chi connectivity index (χ4n) is 3.25. The lowest BCUT2D eigenvalue weighted by Gasteiger charge is -2.22. The zero-order valence-electron chi connectivity index (χ0n) is 15.8. The lowest BCUT2D eigenvalue weighted by atomic mass is 10.2. The van der Waals surface area contributed by atoms with E-state index < -0.39 is 0 Å². The van der Waals surface area contributed by atoms with Crippen molar-refractivity contribution in [2.75, 3.05) is 18.1 Å². The minimum Gasteiger partial charge on any atom is -0.376 e. The molecule has 8 heteroatoms. The van der Waals surface area contributed by atoms with Crippen molar-refractivity contribution in [1.82, 2.24) is 9.97 Å². The van der Waals surface area contributed by atoms with Gasteiger partial charge >= 0.3 is 0 Å². The number of aromatic nitrogens is 2. The minimum absolute atomic E-state index is 0.00442. The van der Waals surface area contributed by atoms with Gasteiger partial charge in [0, 0.05) is 28.3 Å². The standard InChI is InChI=1S/C21H19Cl2N3O2S/c1-13-4-2-6-18(24-13)20(27)26(11-15-5-3-9-28-15)21-25-19(12-29-21)16-8-7-14(22)10-17(16)23/h2,4,6-8,10,12,15H,3,5,9,11H2,1H3. The fraction of sp³-hybridized carbons (Fsp3) is 0.286. The molecule has 3 heterocycles. The van der Waals surface area contributed by atoms with Crippen LogP contribution in [0, 0.1) is 6.92 Å². The topological polar surface area (TPSA) is 55.3 Å². The molecule has 3 aromatic rings. The summed E-state index contributed by atoms with van der Waals surface area (Å²) < 4.78 is 5.77. The number of rotatable bonds is 5. The van der Waals surface area contributed by atoms with Gasteiger partial charge in [0.15, 0.2) is 5.13 Å². The predicted molar refractivity (Wildman–Crippen MR) is 117 cm³/mol. The van der Waals surface area contributed by atoms with E-state index in [1.54, 1.807) is 23.1 Å². The number of carbonyl (C=O) groups is 1. The van der Waals surface area contributed by atoms with E-state index in [0.29, 0.717) is 33.1 Å². The van der Waals surface area contributed by atoms with Crippen LogP contribution in [0.4, 0.5) is 5.13 Å². The van der Waals surface area contributed by atoms with Crippen molar-refractivity contribution in [3.8, 4) is 11.3 Å². The maximum atomic E-state index is 13.3. The molecule has 1 fully saturated rings. The highest BCUT2D eigenvalue weighted by molar-refractivity contribution is 7.14. The summed E-state index contributed by atoms with van der Waals surface area (Å²) in [5.74, 6) is -0.188. The van der Waals surface area contributed by atoms with Crippen molar-refractivity contribution >= 4 is 45.6 Å². The van der Waals surface area contributed by atoms with E-state index in [2.05, 4.69) is 4.98 Å². The first-order valence-corrected chi connectivity index (χ1v) is 10.9. The lowest BCUT2D eigenvalue weighted by molar-refractivity contribution is 0.0913. The molecule has 29 heavy (non-hydrogen) atoms. The highest BCUT2D eigenvalue weighted by Crippen LogP contribution is 2.34. The van der Waals surface area contributed by atoms with Crippen LogP contribution in [0.15, 0.2) is 41.8 Å². The number of hydrogen-bond donors (Lipinski definition) is 0. The molecule has 0 spiro atoms. The van der Waals surface area contributed by atoms with Crippen molar-refractivity contribution in [2.45, 2.75) is 25.9 Å². The monoisotopic (exact) mass is 447 g/mol. The smallest absolute Gasteiger partial charge is 0.278 e. The molecule has 150 valence electrons. The van der Waals surface area contributed by atoms with Gasteiger partial charge in [0.2, 0.25) is 0 Å². The molecule has 0 saturated carbocycles. The summed E-state index contributed by atoms with van der Waals surface area (Å²) in [7, 11) is 0. The van der Waals surface area contributed by atoms with E-state index >= 15 is 0 Å². The van der Waals surface area contributed by atoms with E-state index in [1.807, 2.05) is 30.5 Å². The third-order valence-electron chi connectivity index (χ3n) is 4.69. The van der Waals surface area contributed by atoms with Crippen LogP contribution >= 0.6 is 34.5 Å². The quantitative estimate of drug-likeness (QED) is 0.507. The summed E-state index contributed by atoms with van der Waals surface area (Å²) in [5, 5.41) is 3.57. The Morgan fingerprint density at radius 2 is 2.14 bits per heavy atom. The van der Waals surface area contributed by atoms with Gasteiger partial charge < -0.3 is 4.74 Å². The van der Waals surface area contributed by atoms with E-state index in [-0.39, 0.29) is 12.0 Å². The van der Waals surface area contributed by atoms with E-state index in [9.17, 15) is 4.79 Å². The maximum Gasteiger partial charge on any atom is 0.278 e. The van der Waals surface area contributed by atoms with Crippen LogP contribution in [0.1, 0.15) is 29.0 Å². The van der Waals surface area contributed by atoms with Gasteiger partial charge in [-0.25, -0.2) is 9.97 Å². The summed E-state index contributed by atoms with van der Waals surface area (Å²) in [6.07, 6.45) is 1.92. The van der Waals surface area contributed by atoms with Gasteiger partial charge in [-0.3, -0.25) is 9.69 Å². The largest absolute Gasteiger partial charge is 0.376 e. The number of hydrogen-bond acceptors (Lipinski definition) is 5. The van der Waals surface area contributed by atoms with Gasteiger partial charge in [0.05, 0.1) is 23.4 Å². The van der Waals surface area contributed by atoms with Crippen molar-refractivity contribution in [1.29, 1.82) is 0 Å². The SMILES string of the molecule is Cc1cccc(C(=O)N(CC2CCCO2)c2nc(-c3ccc(Cl)cc3Cl)cs2)n1. The highest BCUT2D eigenvalue weighted by Gasteiger charge is 2.27. The van der Waals surface area contributed by atoms with Gasteiger partial charge in [-0.2, -0.15) is 0 Å². The predicted octanol–water partition coefficient (Wildman–Crippen LogP) is 5.65. The number of nitrogens with zero attached hydrogens (tertiary/aromatic N) is 3. The molecule has 2 aromatic heterocycles. The number of carbonyl (C=O) groups excluding carboxylic acids is 1. The average molecular weight is 448 g/mol. The maximum absolute atomic E-state index is 13.3. The molecule has 1 unspecified atom stereocenters. The second kappa shape index (κ2) is 8.79. The molecule has 1 aromatic carbocycles. The molecule has 0 bridgehead atoms. The number of anilines is 1. The third-order valence-corrected chi connectivity index (χ3v) is 6.10. The Balaban J connectivity index is 1.67. The Bertz CT molecular complexity index is 1030. The van der Waals surface area contributed by atoms with E-state index in [0.717, 1.165) is 30.7 Å². The van der Waals surface area contributed by atoms with E-state index in [4.69, 9.17) is 32.9 Å². The first kappa shape index (κ1) is 20.3. The summed E-state index contributed by atoms with van der Waals surface area (Å²) in [5.41, 5.74) is 2.66. The number of halogens is 2. The molecule has 0 aliphatic carbocycles. The zero-order valence-corrected chi connectivity index (χ0v) is 18.1. The molecular weight excluding hydrogens is 429 g/mol. The number of pyridine rings is 1. The van der Waals surface area contributed by atoms with Crippen LogP contribution in [0.2, 0.25) is 10.0 Å². The molecule has 0 radical (unpaired) electrons. The second-order valence-corrected chi connectivity index (χ2v) is 8.53. The number of thiazole rings is 1. The third kappa shape index (κ3) is 4.61. The minimum atomic E-state index is -0.188. The zero-order chi connectivity index (χ0) is 20.4. The van der Waals surface area contributed by atoms with Crippen LogP contribution in [-0.2, 0) is 4.74 Å². The Labute approximate surface area is 183 Å². The summed E-state index contributed by atoms with van der Waals surface area (Å²) >= 11 is 13.7. The van der Waals surface area contributed by atoms with Crippen LogP contribution in [0.25, 0.3) is 11.3 Å². The van der Waals surface area contributed by atoms with Gasteiger partial charge in [-0.15, -0.1) is 11.3 Å².